The summed E-state index contributed by atoms with van der Waals surface area (Å²) in [6, 6.07) is 7.31. The summed E-state index contributed by atoms with van der Waals surface area (Å²) in [5.74, 6) is -0.00541. The first-order valence-corrected chi connectivity index (χ1v) is 9.05. The van der Waals surface area contributed by atoms with Crippen LogP contribution in [-0.4, -0.2) is 28.2 Å². The van der Waals surface area contributed by atoms with Crippen LogP contribution in [0.1, 0.15) is 37.3 Å². The van der Waals surface area contributed by atoms with E-state index in [1.54, 1.807) is 12.1 Å². The van der Waals surface area contributed by atoms with Crippen LogP contribution in [0.5, 0.6) is 0 Å². The lowest BCUT2D eigenvalue weighted by Gasteiger charge is -2.08. The first-order valence-electron chi connectivity index (χ1n) is 7.40. The highest BCUT2D eigenvalue weighted by Crippen LogP contribution is 2.07. The second-order valence-corrected chi connectivity index (χ2v) is 6.80. The number of nitrogens with two attached hydrogens (primary N) is 1. The normalized spacial score (nSPS) is 11.7. The maximum Gasteiger partial charge on any atom is 0.215 e. The first kappa shape index (κ1) is 18.1. The van der Waals surface area contributed by atoms with E-state index in [0.717, 1.165) is 30.6 Å². The summed E-state index contributed by atoms with van der Waals surface area (Å²) in [5, 5.41) is 0. The van der Waals surface area contributed by atoms with Crippen molar-refractivity contribution in [1.29, 1.82) is 0 Å². The molecule has 6 heteroatoms. The van der Waals surface area contributed by atoms with Gasteiger partial charge in [-0.3, -0.25) is 0 Å². The summed E-state index contributed by atoms with van der Waals surface area (Å²) >= 11 is 0. The molecule has 5 nitrogen and oxygen atoms in total. The highest BCUT2D eigenvalue weighted by atomic mass is 32.2. The Morgan fingerprint density at radius 3 is 2.33 bits per heavy atom. The summed E-state index contributed by atoms with van der Waals surface area (Å²) in [4.78, 5) is 0. The van der Waals surface area contributed by atoms with Gasteiger partial charge in [0.25, 0.3) is 0 Å². The van der Waals surface area contributed by atoms with E-state index in [1.807, 2.05) is 12.1 Å². The molecule has 0 aliphatic rings. The van der Waals surface area contributed by atoms with Crippen LogP contribution < -0.4 is 10.5 Å². The zero-order chi connectivity index (χ0) is 15.6. The Kier molecular flexibility index (Phi) is 8.52. The van der Waals surface area contributed by atoms with E-state index in [1.165, 1.54) is 0 Å². The zero-order valence-electron chi connectivity index (χ0n) is 12.7. The molecule has 0 radical (unpaired) electrons. The van der Waals surface area contributed by atoms with Gasteiger partial charge in [0.05, 0.1) is 5.75 Å². The molecular formula is C15H26N2O3S. The Labute approximate surface area is 127 Å². The molecule has 21 heavy (non-hydrogen) atoms. The van der Waals surface area contributed by atoms with Crippen molar-refractivity contribution in [2.75, 3.05) is 19.8 Å². The average molecular weight is 314 g/mol. The van der Waals surface area contributed by atoms with E-state index in [0.29, 0.717) is 26.1 Å². The number of nitrogens with one attached hydrogen (secondary N) is 1. The number of unbranched alkanes of at least 4 members (excludes halogenated alkanes) is 1. The van der Waals surface area contributed by atoms with Crippen LogP contribution in [0.3, 0.4) is 0 Å². The van der Waals surface area contributed by atoms with Crippen LogP contribution in [-0.2, 0) is 27.1 Å². The number of sulfonamides is 1. The summed E-state index contributed by atoms with van der Waals surface area (Å²) in [5.41, 5.74) is 7.27. The third-order valence-electron chi connectivity index (χ3n) is 3.05. The monoisotopic (exact) mass is 314 g/mol. The van der Waals surface area contributed by atoms with E-state index >= 15 is 0 Å². The van der Waals surface area contributed by atoms with Crippen LogP contribution in [0, 0.1) is 0 Å². The van der Waals surface area contributed by atoms with Crippen LogP contribution in [0.2, 0.25) is 0 Å². The third kappa shape index (κ3) is 8.16. The molecule has 1 aromatic rings. The molecule has 1 aromatic carbocycles. The largest absolute Gasteiger partial charge is 0.381 e. The predicted molar refractivity (Wildman–Crippen MR) is 85.3 cm³/mol. The molecule has 0 amide bonds. The second kappa shape index (κ2) is 9.89. The molecular weight excluding hydrogens is 288 g/mol. The van der Waals surface area contributed by atoms with Crippen molar-refractivity contribution >= 4 is 10.0 Å². The molecule has 0 aliphatic heterocycles. The lowest BCUT2D eigenvalue weighted by molar-refractivity contribution is 0.130. The number of benzene rings is 1. The molecule has 120 valence electrons. The van der Waals surface area contributed by atoms with Crippen LogP contribution in [0.25, 0.3) is 0 Å². The number of ether oxygens (including phenoxy) is 1. The molecule has 0 aromatic heterocycles. The standard InChI is InChI=1S/C15H26N2O3S/c1-2-3-10-20-11-4-9-17-21(18,19)13-15-7-5-14(12-16)6-8-15/h5-8,17H,2-4,9-13,16H2,1H3. The number of hydrogen-bond donors (Lipinski definition) is 2. The minimum Gasteiger partial charge on any atom is -0.381 e. The first-order chi connectivity index (χ1) is 10.1. The van der Waals surface area contributed by atoms with Gasteiger partial charge in [-0.1, -0.05) is 37.6 Å². The highest BCUT2D eigenvalue weighted by Gasteiger charge is 2.10. The molecule has 0 saturated heterocycles. The summed E-state index contributed by atoms with van der Waals surface area (Å²) in [7, 11) is -3.29. The van der Waals surface area contributed by atoms with Gasteiger partial charge in [0.2, 0.25) is 10.0 Å². The van der Waals surface area contributed by atoms with Gasteiger partial charge in [0, 0.05) is 26.3 Å². The Balaban J connectivity index is 2.26. The molecule has 0 saturated carbocycles. The lowest BCUT2D eigenvalue weighted by Crippen LogP contribution is -2.27. The average Bonchev–Trinajstić information content (AvgIpc) is 2.46. The van der Waals surface area contributed by atoms with Crippen LogP contribution in [0.4, 0.5) is 0 Å². The molecule has 0 fully saturated rings. The minimum atomic E-state index is -3.29. The van der Waals surface area contributed by atoms with Gasteiger partial charge >= 0.3 is 0 Å². The van der Waals surface area contributed by atoms with Gasteiger partial charge in [-0.2, -0.15) is 0 Å². The van der Waals surface area contributed by atoms with Gasteiger partial charge in [-0.15, -0.1) is 0 Å². The maximum atomic E-state index is 11.9. The molecule has 0 bridgehead atoms. The molecule has 0 unspecified atom stereocenters. The van der Waals surface area contributed by atoms with E-state index in [2.05, 4.69) is 11.6 Å². The van der Waals surface area contributed by atoms with E-state index in [-0.39, 0.29) is 5.75 Å². The van der Waals surface area contributed by atoms with Gasteiger partial charge in [0.1, 0.15) is 0 Å². The number of hydrogen-bond acceptors (Lipinski definition) is 4. The second-order valence-electron chi connectivity index (χ2n) is 4.99. The van der Waals surface area contributed by atoms with Gasteiger partial charge < -0.3 is 10.5 Å². The molecule has 0 atom stereocenters. The zero-order valence-corrected chi connectivity index (χ0v) is 13.5. The SMILES string of the molecule is CCCCOCCCNS(=O)(=O)Cc1ccc(CN)cc1. The summed E-state index contributed by atoms with van der Waals surface area (Å²) in [6.07, 6.45) is 2.84. The predicted octanol–water partition coefficient (Wildman–Crippen LogP) is 1.77. The molecule has 0 spiro atoms. The van der Waals surface area contributed by atoms with Gasteiger partial charge in [-0.25, -0.2) is 13.1 Å². The Morgan fingerprint density at radius 1 is 1.10 bits per heavy atom. The smallest absolute Gasteiger partial charge is 0.215 e. The molecule has 0 heterocycles. The minimum absolute atomic E-state index is 0.00541. The van der Waals surface area contributed by atoms with Crippen molar-refractivity contribution < 1.29 is 13.2 Å². The van der Waals surface area contributed by atoms with E-state index in [4.69, 9.17) is 10.5 Å². The van der Waals surface area contributed by atoms with Crippen molar-refractivity contribution in [1.82, 2.24) is 4.72 Å². The summed E-state index contributed by atoms with van der Waals surface area (Å²) in [6.45, 7) is 4.32. The lowest BCUT2D eigenvalue weighted by atomic mass is 10.1. The third-order valence-corrected chi connectivity index (χ3v) is 4.40. The van der Waals surface area contributed by atoms with Crippen molar-refractivity contribution in [3.63, 3.8) is 0 Å². The van der Waals surface area contributed by atoms with Gasteiger partial charge in [-0.05, 0) is 24.0 Å². The quantitative estimate of drug-likeness (QED) is 0.610. The molecule has 3 N–H and O–H groups in total. The van der Waals surface area contributed by atoms with Gasteiger partial charge in [0.15, 0.2) is 0 Å². The van der Waals surface area contributed by atoms with Crippen molar-refractivity contribution in [2.24, 2.45) is 5.73 Å². The summed E-state index contributed by atoms with van der Waals surface area (Å²) < 4.78 is 31.8. The van der Waals surface area contributed by atoms with Crippen molar-refractivity contribution in [3.8, 4) is 0 Å². The molecule has 0 aliphatic carbocycles. The molecule has 1 rings (SSSR count). The number of rotatable bonds is 11. The fourth-order valence-corrected chi connectivity index (χ4v) is 2.98. The maximum absolute atomic E-state index is 11.9. The van der Waals surface area contributed by atoms with E-state index in [9.17, 15) is 8.42 Å². The fraction of sp³-hybridized carbons (Fsp3) is 0.600. The van der Waals surface area contributed by atoms with Crippen molar-refractivity contribution in [3.05, 3.63) is 35.4 Å². The van der Waals surface area contributed by atoms with Crippen LogP contribution in [0.15, 0.2) is 24.3 Å². The Bertz CT molecular complexity index is 486. The van der Waals surface area contributed by atoms with E-state index < -0.39 is 10.0 Å². The topological polar surface area (TPSA) is 81.4 Å². The highest BCUT2D eigenvalue weighted by molar-refractivity contribution is 7.88. The fourth-order valence-electron chi connectivity index (χ4n) is 1.79. The Hall–Kier alpha value is -0.950. The Morgan fingerprint density at radius 2 is 1.71 bits per heavy atom. The van der Waals surface area contributed by atoms with Crippen LogP contribution >= 0.6 is 0 Å². The van der Waals surface area contributed by atoms with Crippen molar-refractivity contribution in [2.45, 2.75) is 38.5 Å².